The molecule has 0 aliphatic carbocycles. The number of hydrogen-bond acceptors (Lipinski definition) is 2. The highest BCUT2D eigenvalue weighted by Crippen LogP contribution is 2.34. The number of benzene rings is 1. The van der Waals surface area contributed by atoms with Gasteiger partial charge in [-0.05, 0) is 38.8 Å². The van der Waals surface area contributed by atoms with Gasteiger partial charge >= 0.3 is 0 Å². The maximum absolute atomic E-state index is 13.9. The minimum atomic E-state index is -0.472. The van der Waals surface area contributed by atoms with Crippen molar-refractivity contribution in [2.45, 2.75) is 44.8 Å². The highest BCUT2D eigenvalue weighted by atomic mass is 19.1. The molecule has 2 unspecified atom stereocenters. The Kier molecular flexibility index (Phi) is 3.97. The van der Waals surface area contributed by atoms with Crippen molar-refractivity contribution in [2.75, 3.05) is 6.54 Å². The summed E-state index contributed by atoms with van der Waals surface area (Å²) >= 11 is 0. The van der Waals surface area contributed by atoms with Crippen molar-refractivity contribution in [3.05, 3.63) is 35.4 Å². The van der Waals surface area contributed by atoms with Gasteiger partial charge in [-0.25, -0.2) is 8.78 Å². The molecule has 1 saturated heterocycles. The molecule has 1 aliphatic heterocycles. The zero-order valence-electron chi connectivity index (χ0n) is 10.9. The van der Waals surface area contributed by atoms with E-state index in [4.69, 9.17) is 5.73 Å². The van der Waals surface area contributed by atoms with Crippen LogP contribution in [0.1, 0.15) is 38.3 Å². The van der Waals surface area contributed by atoms with Gasteiger partial charge in [-0.15, -0.1) is 0 Å². The van der Waals surface area contributed by atoms with Gasteiger partial charge in [0.15, 0.2) is 0 Å². The molecule has 4 heteroatoms. The third-order valence-corrected chi connectivity index (χ3v) is 3.68. The molecule has 0 saturated carbocycles. The molecule has 18 heavy (non-hydrogen) atoms. The van der Waals surface area contributed by atoms with Crippen LogP contribution < -0.4 is 5.73 Å². The van der Waals surface area contributed by atoms with Crippen molar-refractivity contribution in [1.82, 2.24) is 4.90 Å². The highest BCUT2D eigenvalue weighted by Gasteiger charge is 2.32. The largest absolute Gasteiger partial charge is 0.328 e. The molecule has 1 heterocycles. The van der Waals surface area contributed by atoms with E-state index >= 15 is 0 Å². The lowest BCUT2D eigenvalue weighted by Gasteiger charge is -2.41. The SMILES string of the molecule is CC(C)N1CCC(N)CC1c1c(F)cccc1F. The second-order valence-electron chi connectivity index (χ2n) is 5.27. The summed E-state index contributed by atoms with van der Waals surface area (Å²) < 4.78 is 27.8. The molecule has 2 atom stereocenters. The van der Waals surface area contributed by atoms with E-state index in [2.05, 4.69) is 4.90 Å². The second kappa shape index (κ2) is 5.33. The van der Waals surface area contributed by atoms with Crippen molar-refractivity contribution in [2.24, 2.45) is 5.73 Å². The summed E-state index contributed by atoms with van der Waals surface area (Å²) in [5.41, 5.74) is 6.12. The first-order chi connectivity index (χ1) is 8.50. The molecule has 100 valence electrons. The lowest BCUT2D eigenvalue weighted by atomic mass is 9.90. The lowest BCUT2D eigenvalue weighted by Crippen LogP contribution is -2.45. The molecule has 0 aromatic heterocycles. The van der Waals surface area contributed by atoms with Gasteiger partial charge in [0.25, 0.3) is 0 Å². The van der Waals surface area contributed by atoms with Gasteiger partial charge in [0.1, 0.15) is 11.6 Å². The predicted molar refractivity (Wildman–Crippen MR) is 68.2 cm³/mol. The predicted octanol–water partition coefficient (Wildman–Crippen LogP) is 2.84. The minimum Gasteiger partial charge on any atom is -0.328 e. The maximum atomic E-state index is 13.9. The van der Waals surface area contributed by atoms with Crippen molar-refractivity contribution in [3.63, 3.8) is 0 Å². The van der Waals surface area contributed by atoms with Gasteiger partial charge < -0.3 is 5.73 Å². The third kappa shape index (κ3) is 2.54. The smallest absolute Gasteiger partial charge is 0.130 e. The molecule has 0 radical (unpaired) electrons. The molecule has 2 rings (SSSR count). The Morgan fingerprint density at radius 1 is 1.28 bits per heavy atom. The van der Waals surface area contributed by atoms with Crippen LogP contribution in [-0.2, 0) is 0 Å². The highest BCUT2D eigenvalue weighted by molar-refractivity contribution is 5.24. The van der Waals surface area contributed by atoms with Gasteiger partial charge in [-0.2, -0.15) is 0 Å². The Morgan fingerprint density at radius 2 is 1.89 bits per heavy atom. The molecule has 0 bridgehead atoms. The van der Waals surface area contributed by atoms with E-state index in [9.17, 15) is 8.78 Å². The van der Waals surface area contributed by atoms with Gasteiger partial charge in [-0.1, -0.05) is 6.07 Å². The molecule has 1 aliphatic rings. The summed E-state index contributed by atoms with van der Waals surface area (Å²) in [7, 11) is 0. The number of halogens is 2. The van der Waals surface area contributed by atoms with E-state index in [1.165, 1.54) is 18.2 Å². The van der Waals surface area contributed by atoms with E-state index < -0.39 is 11.6 Å². The van der Waals surface area contributed by atoms with Crippen LogP contribution in [0.4, 0.5) is 8.78 Å². The van der Waals surface area contributed by atoms with Crippen molar-refractivity contribution in [3.8, 4) is 0 Å². The summed E-state index contributed by atoms with van der Waals surface area (Å²) in [6, 6.07) is 4.05. The first-order valence-electron chi connectivity index (χ1n) is 6.46. The molecule has 1 aromatic rings. The minimum absolute atomic E-state index is 0.0176. The molecule has 0 spiro atoms. The molecular weight excluding hydrogens is 234 g/mol. The summed E-state index contributed by atoms with van der Waals surface area (Å²) in [4.78, 5) is 2.13. The zero-order valence-corrected chi connectivity index (χ0v) is 10.9. The van der Waals surface area contributed by atoms with Crippen LogP contribution in [0.2, 0.25) is 0 Å². The van der Waals surface area contributed by atoms with E-state index in [-0.39, 0.29) is 23.7 Å². The van der Waals surface area contributed by atoms with Crippen LogP contribution in [0, 0.1) is 11.6 Å². The maximum Gasteiger partial charge on any atom is 0.130 e. The fourth-order valence-corrected chi connectivity index (χ4v) is 2.74. The number of nitrogens with two attached hydrogens (primary N) is 1. The topological polar surface area (TPSA) is 29.3 Å². The Labute approximate surface area is 107 Å². The second-order valence-corrected chi connectivity index (χ2v) is 5.27. The fraction of sp³-hybridized carbons (Fsp3) is 0.571. The normalized spacial score (nSPS) is 25.7. The lowest BCUT2D eigenvalue weighted by molar-refractivity contribution is 0.0964. The number of hydrogen-bond donors (Lipinski definition) is 1. The number of likely N-dealkylation sites (tertiary alicyclic amines) is 1. The molecule has 0 amide bonds. The zero-order chi connectivity index (χ0) is 13.3. The van der Waals surface area contributed by atoms with Gasteiger partial charge in [-0.3, -0.25) is 4.90 Å². The summed E-state index contributed by atoms with van der Waals surface area (Å²) in [5.74, 6) is -0.945. The number of nitrogens with zero attached hydrogens (tertiary/aromatic N) is 1. The van der Waals surface area contributed by atoms with Crippen LogP contribution in [0.3, 0.4) is 0 Å². The number of rotatable bonds is 2. The van der Waals surface area contributed by atoms with Gasteiger partial charge in [0.2, 0.25) is 0 Å². The first-order valence-corrected chi connectivity index (χ1v) is 6.46. The van der Waals surface area contributed by atoms with Crippen LogP contribution >= 0.6 is 0 Å². The summed E-state index contributed by atoms with van der Waals surface area (Å²) in [6.45, 7) is 4.88. The van der Waals surface area contributed by atoms with E-state index in [0.29, 0.717) is 6.42 Å². The summed E-state index contributed by atoms with van der Waals surface area (Å²) in [6.07, 6.45) is 1.49. The summed E-state index contributed by atoms with van der Waals surface area (Å²) in [5, 5.41) is 0. The average molecular weight is 254 g/mol. The molecule has 1 aromatic carbocycles. The van der Waals surface area contributed by atoms with Crippen molar-refractivity contribution < 1.29 is 8.78 Å². The third-order valence-electron chi connectivity index (χ3n) is 3.68. The Hall–Kier alpha value is -1.00. The van der Waals surface area contributed by atoms with Crippen molar-refractivity contribution >= 4 is 0 Å². The van der Waals surface area contributed by atoms with E-state index in [1.807, 2.05) is 13.8 Å². The Morgan fingerprint density at radius 3 is 2.44 bits per heavy atom. The fourth-order valence-electron chi connectivity index (χ4n) is 2.74. The van der Waals surface area contributed by atoms with Crippen LogP contribution in [0.5, 0.6) is 0 Å². The van der Waals surface area contributed by atoms with E-state index in [0.717, 1.165) is 13.0 Å². The van der Waals surface area contributed by atoms with Crippen molar-refractivity contribution in [1.29, 1.82) is 0 Å². The first kappa shape index (κ1) is 13.4. The van der Waals surface area contributed by atoms with Gasteiger partial charge in [0.05, 0.1) is 0 Å². The molecule has 2 N–H and O–H groups in total. The quantitative estimate of drug-likeness (QED) is 0.879. The monoisotopic (exact) mass is 254 g/mol. The Balaban J connectivity index is 2.38. The standard InChI is InChI=1S/C14H20F2N2/c1-9(2)18-7-6-10(17)8-13(18)14-11(15)4-3-5-12(14)16/h3-5,9-10,13H,6-8,17H2,1-2H3. The van der Waals surface area contributed by atoms with Crippen LogP contribution in [0.15, 0.2) is 18.2 Å². The number of piperidine rings is 1. The Bertz CT molecular complexity index is 400. The molecule has 2 nitrogen and oxygen atoms in total. The van der Waals surface area contributed by atoms with Crippen LogP contribution in [-0.4, -0.2) is 23.5 Å². The average Bonchev–Trinajstić information content (AvgIpc) is 2.28. The molecule has 1 fully saturated rings. The molecular formula is C14H20F2N2. The van der Waals surface area contributed by atoms with Crippen LogP contribution in [0.25, 0.3) is 0 Å². The van der Waals surface area contributed by atoms with Gasteiger partial charge in [0, 0.05) is 30.2 Å². The van der Waals surface area contributed by atoms with E-state index in [1.54, 1.807) is 0 Å².